The van der Waals surface area contributed by atoms with E-state index in [1.807, 2.05) is 32.0 Å². The van der Waals surface area contributed by atoms with Gasteiger partial charge in [-0.3, -0.25) is 0 Å². The van der Waals surface area contributed by atoms with Gasteiger partial charge in [0, 0.05) is 11.6 Å². The van der Waals surface area contributed by atoms with Crippen molar-refractivity contribution in [3.8, 4) is 16.9 Å². The van der Waals surface area contributed by atoms with Crippen molar-refractivity contribution >= 4 is 0 Å². The van der Waals surface area contributed by atoms with Gasteiger partial charge in [-0.2, -0.15) is 0 Å². The summed E-state index contributed by atoms with van der Waals surface area (Å²) in [5.41, 5.74) is 2.29. The third kappa shape index (κ3) is 3.23. The Bertz CT molecular complexity index is 570. The van der Waals surface area contributed by atoms with Gasteiger partial charge >= 0.3 is 0 Å². The molecule has 3 rings (SSSR count). The van der Waals surface area contributed by atoms with Crippen molar-refractivity contribution in [2.24, 2.45) is 0 Å². The van der Waals surface area contributed by atoms with Crippen molar-refractivity contribution < 1.29 is 9.15 Å². The Morgan fingerprint density at radius 1 is 1.30 bits per heavy atom. The van der Waals surface area contributed by atoms with Crippen molar-refractivity contribution in [1.82, 2.24) is 5.32 Å². The van der Waals surface area contributed by atoms with E-state index >= 15 is 0 Å². The zero-order valence-electron chi connectivity index (χ0n) is 12.1. The van der Waals surface area contributed by atoms with Crippen molar-refractivity contribution in [2.75, 3.05) is 0 Å². The molecule has 20 heavy (non-hydrogen) atoms. The van der Waals surface area contributed by atoms with Crippen LogP contribution in [-0.4, -0.2) is 12.1 Å². The van der Waals surface area contributed by atoms with Crippen LogP contribution in [0.5, 0.6) is 5.75 Å². The SMILES string of the molecule is CC(C)Oc1cccc(-c2ccoc2CNC2CC2)c1. The van der Waals surface area contributed by atoms with E-state index in [9.17, 15) is 0 Å². The van der Waals surface area contributed by atoms with Crippen molar-refractivity contribution in [3.63, 3.8) is 0 Å². The Morgan fingerprint density at radius 2 is 2.15 bits per heavy atom. The van der Waals surface area contributed by atoms with E-state index in [2.05, 4.69) is 17.4 Å². The molecule has 106 valence electrons. The topological polar surface area (TPSA) is 34.4 Å². The van der Waals surface area contributed by atoms with Crippen molar-refractivity contribution in [3.05, 3.63) is 42.4 Å². The zero-order chi connectivity index (χ0) is 13.9. The van der Waals surface area contributed by atoms with Crippen molar-refractivity contribution in [2.45, 2.75) is 45.4 Å². The largest absolute Gasteiger partial charge is 0.491 e. The molecule has 2 aromatic rings. The van der Waals surface area contributed by atoms with Gasteiger partial charge in [-0.05, 0) is 50.5 Å². The van der Waals surface area contributed by atoms with Crippen molar-refractivity contribution in [1.29, 1.82) is 0 Å². The zero-order valence-corrected chi connectivity index (χ0v) is 12.1. The lowest BCUT2D eigenvalue weighted by Gasteiger charge is -2.11. The molecule has 3 nitrogen and oxygen atoms in total. The van der Waals surface area contributed by atoms with Crippen LogP contribution in [0.25, 0.3) is 11.1 Å². The van der Waals surface area contributed by atoms with Crippen LogP contribution in [0.3, 0.4) is 0 Å². The summed E-state index contributed by atoms with van der Waals surface area (Å²) >= 11 is 0. The molecule has 1 aliphatic carbocycles. The minimum Gasteiger partial charge on any atom is -0.491 e. The first-order valence-corrected chi connectivity index (χ1v) is 7.29. The van der Waals surface area contributed by atoms with Crippen LogP contribution in [0.15, 0.2) is 41.0 Å². The van der Waals surface area contributed by atoms with Gasteiger partial charge in [0.2, 0.25) is 0 Å². The lowest BCUT2D eigenvalue weighted by Crippen LogP contribution is -2.15. The number of hydrogen-bond acceptors (Lipinski definition) is 3. The highest BCUT2D eigenvalue weighted by Crippen LogP contribution is 2.29. The fourth-order valence-electron chi connectivity index (χ4n) is 2.27. The van der Waals surface area contributed by atoms with E-state index < -0.39 is 0 Å². The van der Waals surface area contributed by atoms with E-state index in [1.165, 1.54) is 12.8 Å². The van der Waals surface area contributed by atoms with E-state index in [4.69, 9.17) is 9.15 Å². The Morgan fingerprint density at radius 3 is 2.90 bits per heavy atom. The molecule has 0 bridgehead atoms. The third-order valence-corrected chi connectivity index (χ3v) is 3.39. The third-order valence-electron chi connectivity index (χ3n) is 3.39. The molecule has 1 aromatic carbocycles. The smallest absolute Gasteiger partial charge is 0.125 e. The average Bonchev–Trinajstić information content (AvgIpc) is 3.13. The molecule has 1 aliphatic rings. The molecule has 1 fully saturated rings. The molecule has 0 unspecified atom stereocenters. The molecule has 1 aromatic heterocycles. The van der Waals surface area contributed by atoms with Crippen LogP contribution >= 0.6 is 0 Å². The normalized spacial score (nSPS) is 14.8. The molecule has 0 amide bonds. The molecule has 3 heteroatoms. The number of nitrogens with one attached hydrogen (secondary N) is 1. The fraction of sp³-hybridized carbons (Fsp3) is 0.412. The first kappa shape index (κ1) is 13.3. The second kappa shape index (κ2) is 5.71. The highest BCUT2D eigenvalue weighted by atomic mass is 16.5. The molecule has 1 N–H and O–H groups in total. The predicted molar refractivity (Wildman–Crippen MR) is 79.8 cm³/mol. The number of rotatable bonds is 6. The van der Waals surface area contributed by atoms with Crippen LogP contribution in [0.4, 0.5) is 0 Å². The first-order chi connectivity index (χ1) is 9.72. The van der Waals surface area contributed by atoms with Gasteiger partial charge in [0.15, 0.2) is 0 Å². The predicted octanol–water partition coefficient (Wildman–Crippen LogP) is 3.99. The molecular weight excluding hydrogens is 250 g/mol. The Kier molecular flexibility index (Phi) is 3.79. The maximum absolute atomic E-state index is 5.75. The van der Waals surface area contributed by atoms with Gasteiger partial charge in [0.1, 0.15) is 11.5 Å². The van der Waals surface area contributed by atoms with Gasteiger partial charge in [-0.1, -0.05) is 12.1 Å². The lowest BCUT2D eigenvalue weighted by molar-refractivity contribution is 0.242. The highest BCUT2D eigenvalue weighted by Gasteiger charge is 2.21. The van der Waals surface area contributed by atoms with Gasteiger partial charge in [0.25, 0.3) is 0 Å². The fourth-order valence-corrected chi connectivity index (χ4v) is 2.27. The minimum absolute atomic E-state index is 0.186. The quantitative estimate of drug-likeness (QED) is 0.862. The Hall–Kier alpha value is -1.74. The molecule has 0 atom stereocenters. The summed E-state index contributed by atoms with van der Waals surface area (Å²) in [7, 11) is 0. The van der Waals surface area contributed by atoms with E-state index in [0.717, 1.165) is 29.2 Å². The van der Waals surface area contributed by atoms with E-state index in [0.29, 0.717) is 6.04 Å². The number of furan rings is 1. The molecule has 1 heterocycles. The first-order valence-electron chi connectivity index (χ1n) is 7.29. The van der Waals surface area contributed by atoms with Crippen LogP contribution < -0.4 is 10.1 Å². The average molecular weight is 271 g/mol. The number of benzene rings is 1. The van der Waals surface area contributed by atoms with Gasteiger partial charge in [0.05, 0.1) is 18.9 Å². The molecule has 0 aliphatic heterocycles. The summed E-state index contributed by atoms with van der Waals surface area (Å²) < 4.78 is 11.4. The molecule has 0 spiro atoms. The molecule has 0 radical (unpaired) electrons. The second-order valence-electron chi connectivity index (χ2n) is 5.61. The van der Waals surface area contributed by atoms with Crippen LogP contribution in [0, 0.1) is 0 Å². The van der Waals surface area contributed by atoms with E-state index in [-0.39, 0.29) is 6.10 Å². The summed E-state index contributed by atoms with van der Waals surface area (Å²) in [4.78, 5) is 0. The minimum atomic E-state index is 0.186. The monoisotopic (exact) mass is 271 g/mol. The summed E-state index contributed by atoms with van der Waals surface area (Å²) in [6.07, 6.45) is 4.52. The standard InChI is InChI=1S/C17H21NO2/c1-12(2)20-15-5-3-4-13(10-15)16-8-9-19-17(16)11-18-14-6-7-14/h3-5,8-10,12,14,18H,6-7,11H2,1-2H3. The molecule has 0 saturated heterocycles. The van der Waals surface area contributed by atoms with Crippen LogP contribution in [0.2, 0.25) is 0 Å². The van der Waals surface area contributed by atoms with E-state index in [1.54, 1.807) is 6.26 Å². The highest BCUT2D eigenvalue weighted by molar-refractivity contribution is 5.66. The maximum atomic E-state index is 5.75. The van der Waals surface area contributed by atoms with Gasteiger partial charge < -0.3 is 14.5 Å². The van der Waals surface area contributed by atoms with Crippen LogP contribution in [-0.2, 0) is 6.54 Å². The molecular formula is C17H21NO2. The Balaban J connectivity index is 1.79. The van der Waals surface area contributed by atoms with Gasteiger partial charge in [-0.15, -0.1) is 0 Å². The van der Waals surface area contributed by atoms with Gasteiger partial charge in [-0.25, -0.2) is 0 Å². The summed E-state index contributed by atoms with van der Waals surface area (Å²) in [5, 5.41) is 3.49. The summed E-state index contributed by atoms with van der Waals surface area (Å²) in [5.74, 6) is 1.90. The van der Waals surface area contributed by atoms with Crippen LogP contribution in [0.1, 0.15) is 32.4 Å². The lowest BCUT2D eigenvalue weighted by atomic mass is 10.1. The number of hydrogen-bond donors (Lipinski definition) is 1. The Labute approximate surface area is 119 Å². The molecule has 1 saturated carbocycles. The number of ether oxygens (including phenoxy) is 1. The summed E-state index contributed by atoms with van der Waals surface area (Å²) in [6, 6.07) is 10.9. The second-order valence-corrected chi connectivity index (χ2v) is 5.61. The maximum Gasteiger partial charge on any atom is 0.125 e. The summed E-state index contributed by atoms with van der Waals surface area (Å²) in [6.45, 7) is 4.87.